The lowest BCUT2D eigenvalue weighted by Gasteiger charge is -2.16. The Hall–Kier alpha value is -1.13. The number of hydrogen-bond donors (Lipinski definition) is 1. The molecule has 0 aliphatic carbocycles. The van der Waals surface area contributed by atoms with Gasteiger partial charge in [0.15, 0.2) is 11.5 Å². The van der Waals surface area contributed by atoms with Crippen LogP contribution in [0.4, 0.5) is 0 Å². The molecule has 2 rings (SSSR count). The van der Waals surface area contributed by atoms with Crippen molar-refractivity contribution in [2.75, 3.05) is 13.2 Å². The summed E-state index contributed by atoms with van der Waals surface area (Å²) in [6.45, 7) is 6.66. The van der Waals surface area contributed by atoms with Gasteiger partial charge >= 0.3 is 0 Å². The van der Waals surface area contributed by atoms with Crippen molar-refractivity contribution in [3.05, 3.63) is 56.5 Å². The third-order valence-corrected chi connectivity index (χ3v) is 5.02. The van der Waals surface area contributed by atoms with Crippen LogP contribution in [0, 0.1) is 0 Å². The van der Waals surface area contributed by atoms with Gasteiger partial charge in [-0.1, -0.05) is 60.6 Å². The number of nitrogens with one attached hydrogen (secondary N) is 1. The maximum absolute atomic E-state index is 6.46. The van der Waals surface area contributed by atoms with Gasteiger partial charge in [-0.15, -0.1) is 0 Å². The van der Waals surface area contributed by atoms with Gasteiger partial charge in [0.1, 0.15) is 6.61 Å². The van der Waals surface area contributed by atoms with Crippen LogP contribution in [0.25, 0.3) is 0 Å². The Bertz CT molecular complexity index is 738. The first kappa shape index (κ1) is 22.2. The van der Waals surface area contributed by atoms with Gasteiger partial charge in [-0.3, -0.25) is 0 Å². The predicted octanol–water partition coefficient (Wildman–Crippen LogP) is 6.90. The van der Waals surface area contributed by atoms with E-state index in [2.05, 4.69) is 12.2 Å². The Labute approximate surface area is 176 Å². The molecule has 0 amide bonds. The van der Waals surface area contributed by atoms with Crippen molar-refractivity contribution in [2.45, 2.75) is 46.3 Å². The van der Waals surface area contributed by atoms with Gasteiger partial charge in [-0.05, 0) is 43.7 Å². The predicted molar refractivity (Wildman–Crippen MR) is 115 cm³/mol. The molecule has 0 unspecified atom stereocenters. The van der Waals surface area contributed by atoms with Crippen LogP contribution in [-0.2, 0) is 13.2 Å². The molecule has 0 bridgehead atoms. The molecule has 0 saturated heterocycles. The molecule has 0 spiro atoms. The van der Waals surface area contributed by atoms with Crippen molar-refractivity contribution in [3.63, 3.8) is 0 Å². The van der Waals surface area contributed by atoms with Crippen molar-refractivity contribution in [1.82, 2.24) is 5.32 Å². The summed E-state index contributed by atoms with van der Waals surface area (Å²) in [6, 6.07) is 9.08. The third kappa shape index (κ3) is 7.08. The molecule has 2 aromatic rings. The average Bonchev–Trinajstić information content (AvgIpc) is 2.63. The molecule has 6 heteroatoms. The van der Waals surface area contributed by atoms with E-state index < -0.39 is 0 Å². The zero-order valence-corrected chi connectivity index (χ0v) is 18.1. The summed E-state index contributed by atoms with van der Waals surface area (Å²) in [5, 5.41) is 5.24. The zero-order valence-electron chi connectivity index (χ0n) is 15.8. The van der Waals surface area contributed by atoms with Gasteiger partial charge in [0.05, 0.1) is 6.61 Å². The van der Waals surface area contributed by atoms with E-state index in [0.717, 1.165) is 24.1 Å². The molecule has 0 heterocycles. The first-order valence-electron chi connectivity index (χ1n) is 9.27. The molecular formula is C21H26Cl3NO2. The summed E-state index contributed by atoms with van der Waals surface area (Å²) in [5.74, 6) is 1.28. The minimum atomic E-state index is 0.307. The van der Waals surface area contributed by atoms with Crippen molar-refractivity contribution >= 4 is 34.8 Å². The number of ether oxygens (including phenoxy) is 2. The topological polar surface area (TPSA) is 30.5 Å². The van der Waals surface area contributed by atoms with Gasteiger partial charge < -0.3 is 14.8 Å². The molecule has 3 nitrogen and oxygen atoms in total. The monoisotopic (exact) mass is 429 g/mol. The van der Waals surface area contributed by atoms with E-state index in [4.69, 9.17) is 44.3 Å². The van der Waals surface area contributed by atoms with Crippen LogP contribution < -0.4 is 14.8 Å². The van der Waals surface area contributed by atoms with Crippen LogP contribution in [0.2, 0.25) is 15.1 Å². The molecule has 2 aromatic carbocycles. The van der Waals surface area contributed by atoms with Gasteiger partial charge in [0.2, 0.25) is 0 Å². The van der Waals surface area contributed by atoms with E-state index in [-0.39, 0.29) is 0 Å². The number of hydrogen-bond acceptors (Lipinski definition) is 3. The van der Waals surface area contributed by atoms with Crippen LogP contribution in [0.3, 0.4) is 0 Å². The van der Waals surface area contributed by atoms with E-state index in [9.17, 15) is 0 Å². The summed E-state index contributed by atoms with van der Waals surface area (Å²) >= 11 is 18.6. The van der Waals surface area contributed by atoms with E-state index in [1.165, 1.54) is 12.8 Å². The molecule has 0 radical (unpaired) electrons. The molecular weight excluding hydrogens is 405 g/mol. The van der Waals surface area contributed by atoms with Crippen molar-refractivity contribution in [1.29, 1.82) is 0 Å². The molecule has 0 saturated carbocycles. The standard InChI is InChI=1S/C21H26Cl3NO2/c1-3-5-6-9-25-13-16-10-20(26-4-2)21(12-19(16)24)27-14-15-7-8-17(22)11-18(15)23/h7-8,10-12,25H,3-6,9,13-14H2,1-2H3. The molecule has 148 valence electrons. The second-order valence-electron chi connectivity index (χ2n) is 6.23. The maximum atomic E-state index is 6.46. The SMILES string of the molecule is CCCCCNCc1cc(OCC)c(OCc2ccc(Cl)cc2Cl)cc1Cl. The van der Waals surface area contributed by atoms with Crippen LogP contribution in [0.1, 0.15) is 44.2 Å². The largest absolute Gasteiger partial charge is 0.490 e. The Morgan fingerprint density at radius 2 is 1.59 bits per heavy atom. The third-order valence-electron chi connectivity index (χ3n) is 4.08. The van der Waals surface area contributed by atoms with Gasteiger partial charge in [0.25, 0.3) is 0 Å². The number of benzene rings is 2. The van der Waals surface area contributed by atoms with E-state index in [1.807, 2.05) is 19.1 Å². The molecule has 27 heavy (non-hydrogen) atoms. The lowest BCUT2D eigenvalue weighted by Crippen LogP contribution is -2.15. The fourth-order valence-electron chi connectivity index (χ4n) is 2.61. The number of rotatable bonds is 11. The highest BCUT2D eigenvalue weighted by Crippen LogP contribution is 2.35. The first-order valence-corrected chi connectivity index (χ1v) is 10.4. The molecule has 1 N–H and O–H groups in total. The van der Waals surface area contributed by atoms with E-state index in [1.54, 1.807) is 18.2 Å². The number of unbranched alkanes of at least 4 members (excludes halogenated alkanes) is 2. The lowest BCUT2D eigenvalue weighted by atomic mass is 10.2. The van der Waals surface area contributed by atoms with Gasteiger partial charge in [0, 0.05) is 33.2 Å². The molecule has 0 fully saturated rings. The van der Waals surface area contributed by atoms with E-state index >= 15 is 0 Å². The highest BCUT2D eigenvalue weighted by molar-refractivity contribution is 6.35. The summed E-state index contributed by atoms with van der Waals surface area (Å²) < 4.78 is 11.7. The van der Waals surface area contributed by atoms with Crippen molar-refractivity contribution < 1.29 is 9.47 Å². The summed E-state index contributed by atoms with van der Waals surface area (Å²) in [7, 11) is 0. The molecule has 0 aliphatic heterocycles. The second kappa shape index (κ2) is 11.7. The fourth-order valence-corrected chi connectivity index (χ4v) is 3.29. The first-order chi connectivity index (χ1) is 13.0. The van der Waals surface area contributed by atoms with Crippen LogP contribution in [0.15, 0.2) is 30.3 Å². The van der Waals surface area contributed by atoms with Crippen LogP contribution in [-0.4, -0.2) is 13.2 Å². The van der Waals surface area contributed by atoms with Crippen LogP contribution in [0.5, 0.6) is 11.5 Å². The Kier molecular flexibility index (Phi) is 9.57. The summed E-state index contributed by atoms with van der Waals surface area (Å²) in [5.41, 5.74) is 1.84. The van der Waals surface area contributed by atoms with Gasteiger partial charge in [-0.25, -0.2) is 0 Å². The molecule has 0 atom stereocenters. The normalized spacial score (nSPS) is 10.9. The van der Waals surface area contributed by atoms with Crippen molar-refractivity contribution in [3.8, 4) is 11.5 Å². The van der Waals surface area contributed by atoms with Crippen molar-refractivity contribution in [2.24, 2.45) is 0 Å². The quantitative estimate of drug-likeness (QED) is 0.393. The Morgan fingerprint density at radius 1 is 0.852 bits per heavy atom. The highest BCUT2D eigenvalue weighted by Gasteiger charge is 2.12. The zero-order chi connectivity index (χ0) is 19.6. The smallest absolute Gasteiger partial charge is 0.163 e. The Balaban J connectivity index is 2.07. The maximum Gasteiger partial charge on any atom is 0.163 e. The fraction of sp³-hybridized carbons (Fsp3) is 0.429. The Morgan fingerprint density at radius 3 is 2.30 bits per heavy atom. The lowest BCUT2D eigenvalue weighted by molar-refractivity contribution is 0.269. The minimum absolute atomic E-state index is 0.307. The summed E-state index contributed by atoms with van der Waals surface area (Å²) in [6.07, 6.45) is 3.60. The average molecular weight is 431 g/mol. The summed E-state index contributed by atoms with van der Waals surface area (Å²) in [4.78, 5) is 0. The minimum Gasteiger partial charge on any atom is -0.490 e. The number of halogens is 3. The van der Waals surface area contributed by atoms with Gasteiger partial charge in [-0.2, -0.15) is 0 Å². The van der Waals surface area contributed by atoms with Crippen LogP contribution >= 0.6 is 34.8 Å². The molecule has 0 aromatic heterocycles. The molecule has 0 aliphatic rings. The highest BCUT2D eigenvalue weighted by atomic mass is 35.5. The second-order valence-corrected chi connectivity index (χ2v) is 7.48. The van der Waals surface area contributed by atoms with E-state index in [0.29, 0.717) is 46.3 Å².